The van der Waals surface area contributed by atoms with E-state index in [0.29, 0.717) is 22.5 Å². The van der Waals surface area contributed by atoms with Gasteiger partial charge in [-0.25, -0.2) is 13.2 Å². The molecule has 172 valence electrons. The Bertz CT molecular complexity index is 1270. The highest BCUT2D eigenvalue weighted by Gasteiger charge is 2.27. The zero-order chi connectivity index (χ0) is 24.2. The molecule has 0 spiro atoms. The van der Waals surface area contributed by atoms with Crippen molar-refractivity contribution in [3.63, 3.8) is 0 Å². The van der Waals surface area contributed by atoms with Crippen molar-refractivity contribution in [3.8, 4) is 0 Å². The van der Waals surface area contributed by atoms with Crippen LogP contribution in [0.25, 0.3) is 0 Å². The third-order valence-corrected chi connectivity index (χ3v) is 7.02. The number of anilines is 2. The largest absolute Gasteiger partial charge is 0.465 e. The first kappa shape index (κ1) is 24.0. The number of carbonyl (C=O) groups is 2. The van der Waals surface area contributed by atoms with Gasteiger partial charge in [-0.15, -0.1) is 0 Å². The Morgan fingerprint density at radius 1 is 0.879 bits per heavy atom. The smallest absolute Gasteiger partial charge is 0.338 e. The summed E-state index contributed by atoms with van der Waals surface area (Å²) in [7, 11) is -2.73. The predicted molar refractivity (Wildman–Crippen MR) is 128 cm³/mol. The highest BCUT2D eigenvalue weighted by Crippen LogP contribution is 2.25. The lowest BCUT2D eigenvalue weighted by atomic mass is 10.1. The molecule has 0 aliphatic heterocycles. The second-order valence-electron chi connectivity index (χ2n) is 7.68. The van der Waals surface area contributed by atoms with Crippen molar-refractivity contribution in [3.05, 3.63) is 89.0 Å². The minimum atomic E-state index is -4.01. The average Bonchev–Trinajstić information content (AvgIpc) is 2.79. The molecule has 0 bridgehead atoms. The summed E-state index contributed by atoms with van der Waals surface area (Å²) in [5.41, 5.74) is 3.51. The third-order valence-electron chi connectivity index (χ3n) is 5.23. The Balaban J connectivity index is 1.94. The number of nitrogens with one attached hydrogen (secondary N) is 1. The van der Waals surface area contributed by atoms with E-state index in [4.69, 9.17) is 4.74 Å². The summed E-state index contributed by atoms with van der Waals surface area (Å²) in [5, 5.41) is 2.72. The lowest BCUT2D eigenvalue weighted by Gasteiger charge is -2.24. The van der Waals surface area contributed by atoms with E-state index < -0.39 is 28.4 Å². The van der Waals surface area contributed by atoms with Gasteiger partial charge in [-0.3, -0.25) is 9.10 Å². The van der Waals surface area contributed by atoms with Gasteiger partial charge in [0.25, 0.3) is 10.0 Å². The Morgan fingerprint density at radius 3 is 2.03 bits per heavy atom. The maximum atomic E-state index is 13.5. The van der Waals surface area contributed by atoms with Crippen molar-refractivity contribution in [2.45, 2.75) is 25.7 Å². The van der Waals surface area contributed by atoms with E-state index in [2.05, 4.69) is 5.32 Å². The van der Waals surface area contributed by atoms with Crippen LogP contribution in [0.3, 0.4) is 0 Å². The SMILES string of the molecule is COC(=O)c1cccc(NC(=O)CN(c2ccc(C)cc2)S(=O)(=O)c2ccc(C)cc2)c1C. The van der Waals surface area contributed by atoms with Gasteiger partial charge in [0.2, 0.25) is 5.91 Å². The molecule has 0 saturated heterocycles. The van der Waals surface area contributed by atoms with Crippen LogP contribution in [0.1, 0.15) is 27.0 Å². The van der Waals surface area contributed by atoms with Gasteiger partial charge in [0, 0.05) is 5.69 Å². The van der Waals surface area contributed by atoms with Crippen molar-refractivity contribution in [1.29, 1.82) is 0 Å². The van der Waals surface area contributed by atoms with E-state index in [0.717, 1.165) is 15.4 Å². The van der Waals surface area contributed by atoms with Crippen molar-refractivity contribution in [2.24, 2.45) is 0 Å². The Kier molecular flexibility index (Phi) is 7.18. The van der Waals surface area contributed by atoms with Gasteiger partial charge in [0.1, 0.15) is 6.54 Å². The fraction of sp³-hybridized carbons (Fsp3) is 0.200. The number of ether oxygens (including phenoxy) is 1. The first-order valence-corrected chi connectivity index (χ1v) is 11.7. The molecule has 0 fully saturated rings. The average molecular weight is 467 g/mol. The number of benzene rings is 3. The topological polar surface area (TPSA) is 92.8 Å². The quantitative estimate of drug-likeness (QED) is 0.526. The molecule has 0 aromatic heterocycles. The van der Waals surface area contributed by atoms with Crippen molar-refractivity contribution < 1.29 is 22.7 Å². The molecule has 3 aromatic carbocycles. The van der Waals surface area contributed by atoms with Crippen LogP contribution in [0.4, 0.5) is 11.4 Å². The van der Waals surface area contributed by atoms with Gasteiger partial charge in [-0.1, -0.05) is 41.5 Å². The predicted octanol–water partition coefficient (Wildman–Crippen LogP) is 4.23. The lowest BCUT2D eigenvalue weighted by Crippen LogP contribution is -2.38. The van der Waals surface area contributed by atoms with Crippen LogP contribution < -0.4 is 9.62 Å². The van der Waals surface area contributed by atoms with Crippen LogP contribution in [0.15, 0.2) is 71.6 Å². The van der Waals surface area contributed by atoms with E-state index in [1.807, 2.05) is 13.8 Å². The summed E-state index contributed by atoms with van der Waals surface area (Å²) in [5.74, 6) is -1.07. The molecule has 0 aliphatic carbocycles. The van der Waals surface area contributed by atoms with Gasteiger partial charge in [0.15, 0.2) is 0 Å². The number of carbonyl (C=O) groups excluding carboxylic acids is 2. The number of sulfonamides is 1. The Labute approximate surface area is 194 Å². The molecule has 7 nitrogen and oxygen atoms in total. The molecule has 0 unspecified atom stereocenters. The highest BCUT2D eigenvalue weighted by atomic mass is 32.2. The van der Waals surface area contributed by atoms with Gasteiger partial charge in [-0.2, -0.15) is 0 Å². The highest BCUT2D eigenvalue weighted by molar-refractivity contribution is 7.92. The van der Waals surface area contributed by atoms with E-state index in [1.54, 1.807) is 61.5 Å². The number of methoxy groups -OCH3 is 1. The number of hydrogen-bond acceptors (Lipinski definition) is 5. The molecule has 1 N–H and O–H groups in total. The third kappa shape index (κ3) is 5.40. The number of hydrogen-bond donors (Lipinski definition) is 1. The molecule has 0 saturated carbocycles. The number of rotatable bonds is 7. The van der Waals surface area contributed by atoms with Crippen molar-refractivity contribution in [2.75, 3.05) is 23.3 Å². The zero-order valence-corrected chi connectivity index (χ0v) is 19.8. The molecule has 0 aliphatic rings. The van der Waals surface area contributed by atoms with Crippen LogP contribution >= 0.6 is 0 Å². The molecule has 0 atom stereocenters. The van der Waals surface area contributed by atoms with Crippen LogP contribution in [-0.2, 0) is 19.6 Å². The summed E-state index contributed by atoms with van der Waals surface area (Å²) in [6, 6.07) is 18.2. The summed E-state index contributed by atoms with van der Waals surface area (Å²) in [4.78, 5) is 25.0. The van der Waals surface area contributed by atoms with Gasteiger partial charge < -0.3 is 10.1 Å². The second kappa shape index (κ2) is 9.87. The summed E-state index contributed by atoms with van der Waals surface area (Å²) < 4.78 is 32.7. The molecular formula is C25H26N2O5S. The first-order valence-electron chi connectivity index (χ1n) is 10.3. The minimum absolute atomic E-state index is 0.0883. The minimum Gasteiger partial charge on any atom is -0.465 e. The lowest BCUT2D eigenvalue weighted by molar-refractivity contribution is -0.114. The van der Waals surface area contributed by atoms with Crippen LogP contribution in [-0.4, -0.2) is 33.9 Å². The molecule has 8 heteroatoms. The number of amides is 1. The maximum Gasteiger partial charge on any atom is 0.338 e. The fourth-order valence-corrected chi connectivity index (χ4v) is 4.71. The molecule has 0 radical (unpaired) electrons. The Morgan fingerprint density at radius 2 is 1.45 bits per heavy atom. The number of aryl methyl sites for hydroxylation is 2. The second-order valence-corrected chi connectivity index (χ2v) is 9.54. The van der Waals surface area contributed by atoms with E-state index in [9.17, 15) is 18.0 Å². The van der Waals surface area contributed by atoms with E-state index in [-0.39, 0.29) is 4.90 Å². The van der Waals surface area contributed by atoms with Crippen LogP contribution in [0.5, 0.6) is 0 Å². The van der Waals surface area contributed by atoms with Crippen LogP contribution in [0.2, 0.25) is 0 Å². The molecule has 1 amide bonds. The van der Waals surface area contributed by atoms with E-state index >= 15 is 0 Å². The normalized spacial score (nSPS) is 11.0. The van der Waals surface area contributed by atoms with Crippen molar-refractivity contribution >= 4 is 33.3 Å². The summed E-state index contributed by atoms with van der Waals surface area (Å²) in [6.45, 7) is 5.00. The van der Waals surface area contributed by atoms with Gasteiger partial charge in [-0.05, 0) is 62.7 Å². The number of esters is 1. The standard InChI is InChI=1S/C25H26N2O5S/c1-17-8-12-20(13-9-17)27(33(30,31)21-14-10-18(2)11-15-21)16-24(28)26-23-7-5-6-22(19(23)3)25(29)32-4/h5-15H,16H2,1-4H3,(H,26,28). The fourth-order valence-electron chi connectivity index (χ4n) is 3.29. The Hall–Kier alpha value is -3.65. The maximum absolute atomic E-state index is 13.5. The first-order chi connectivity index (χ1) is 15.6. The molecule has 33 heavy (non-hydrogen) atoms. The zero-order valence-electron chi connectivity index (χ0n) is 19.0. The molecule has 3 rings (SSSR count). The van der Waals surface area contributed by atoms with Gasteiger partial charge >= 0.3 is 5.97 Å². The summed E-state index contributed by atoms with van der Waals surface area (Å²) in [6.07, 6.45) is 0. The summed E-state index contributed by atoms with van der Waals surface area (Å²) >= 11 is 0. The molecule has 3 aromatic rings. The van der Waals surface area contributed by atoms with Crippen LogP contribution in [0, 0.1) is 20.8 Å². The monoisotopic (exact) mass is 466 g/mol. The van der Waals surface area contributed by atoms with E-state index in [1.165, 1.54) is 19.2 Å². The van der Waals surface area contributed by atoms with Crippen molar-refractivity contribution in [1.82, 2.24) is 0 Å². The molecular weight excluding hydrogens is 440 g/mol. The van der Waals surface area contributed by atoms with Gasteiger partial charge in [0.05, 0.1) is 23.3 Å². The molecule has 0 heterocycles. The number of nitrogens with zero attached hydrogens (tertiary/aromatic N) is 1.